The minimum atomic E-state index is -0.338. The maximum Gasteiger partial charge on any atom is 0.255 e. The number of hydrogen-bond acceptors (Lipinski definition) is 4. The van der Waals surface area contributed by atoms with Gasteiger partial charge in [-0.05, 0) is 43.5 Å². The molecule has 1 heterocycles. The summed E-state index contributed by atoms with van der Waals surface area (Å²) in [5.41, 5.74) is 3.19. The predicted molar refractivity (Wildman–Crippen MR) is 101 cm³/mol. The van der Waals surface area contributed by atoms with E-state index in [2.05, 4.69) is 21.9 Å². The first-order valence-corrected chi connectivity index (χ1v) is 9.47. The number of benzene rings is 1. The normalized spacial score (nSPS) is 13.3. The molecule has 0 bridgehead atoms. The number of allylic oxidation sites excluding steroid dienone is 1. The van der Waals surface area contributed by atoms with E-state index in [1.165, 1.54) is 36.0 Å². The van der Waals surface area contributed by atoms with Crippen molar-refractivity contribution in [2.75, 3.05) is 11.1 Å². The number of anilines is 1. The molecule has 0 spiro atoms. The summed E-state index contributed by atoms with van der Waals surface area (Å²) < 4.78 is 12.8. The number of nitrogens with zero attached hydrogens (tertiary/aromatic N) is 1. The number of rotatable bonds is 6. The average Bonchev–Trinajstić information content (AvgIpc) is 2.60. The van der Waals surface area contributed by atoms with Gasteiger partial charge in [-0.25, -0.2) is 9.37 Å². The first-order valence-electron chi connectivity index (χ1n) is 8.48. The molecule has 0 radical (unpaired) electrons. The Bertz CT molecular complexity index is 877. The van der Waals surface area contributed by atoms with Crippen LogP contribution in [0.4, 0.5) is 10.1 Å². The van der Waals surface area contributed by atoms with Crippen molar-refractivity contribution < 1.29 is 9.18 Å². The first kappa shape index (κ1) is 18.4. The molecular formula is C19H20FN3O2S. The zero-order valence-electron chi connectivity index (χ0n) is 14.3. The Hall–Kier alpha value is -2.41. The van der Waals surface area contributed by atoms with Gasteiger partial charge in [-0.2, -0.15) is 0 Å². The lowest BCUT2D eigenvalue weighted by atomic mass is 9.94. The number of aromatic amines is 1. The molecule has 5 nitrogen and oxygen atoms in total. The van der Waals surface area contributed by atoms with E-state index in [4.69, 9.17) is 0 Å². The van der Waals surface area contributed by atoms with Crippen LogP contribution in [0.5, 0.6) is 0 Å². The van der Waals surface area contributed by atoms with Crippen molar-refractivity contribution in [3.8, 4) is 0 Å². The Morgan fingerprint density at radius 1 is 1.31 bits per heavy atom. The second-order valence-electron chi connectivity index (χ2n) is 6.23. The summed E-state index contributed by atoms with van der Waals surface area (Å²) in [6, 6.07) is 5.66. The molecule has 0 saturated carbocycles. The number of hydrogen-bond donors (Lipinski definition) is 2. The lowest BCUT2D eigenvalue weighted by molar-refractivity contribution is -0.116. The fourth-order valence-electron chi connectivity index (χ4n) is 2.78. The Kier molecular flexibility index (Phi) is 5.88. The van der Waals surface area contributed by atoms with Crippen molar-refractivity contribution in [2.45, 2.75) is 37.3 Å². The highest BCUT2D eigenvalue weighted by atomic mass is 32.2. The van der Waals surface area contributed by atoms with E-state index < -0.39 is 0 Å². The molecule has 2 aromatic rings. The molecular weight excluding hydrogens is 353 g/mol. The van der Waals surface area contributed by atoms with Crippen LogP contribution in [0.25, 0.3) is 0 Å². The number of H-pyrrole nitrogens is 1. The smallest absolute Gasteiger partial charge is 0.255 e. The van der Waals surface area contributed by atoms with Crippen LogP contribution in [0.15, 0.2) is 46.4 Å². The third-order valence-corrected chi connectivity index (χ3v) is 5.10. The Morgan fingerprint density at radius 2 is 2.08 bits per heavy atom. The Morgan fingerprint density at radius 3 is 2.85 bits per heavy atom. The first-order chi connectivity index (χ1) is 12.5. The largest absolute Gasteiger partial charge is 0.326 e. The summed E-state index contributed by atoms with van der Waals surface area (Å²) in [5, 5.41) is 3.31. The van der Waals surface area contributed by atoms with Crippen LogP contribution < -0.4 is 10.9 Å². The number of thioether (sulfide) groups is 1. The number of aromatic nitrogens is 2. The molecule has 7 heteroatoms. The summed E-state index contributed by atoms with van der Waals surface area (Å²) >= 11 is 1.43. The number of nitrogens with one attached hydrogen (secondary N) is 2. The van der Waals surface area contributed by atoms with Gasteiger partial charge in [0.2, 0.25) is 5.91 Å². The maximum absolute atomic E-state index is 12.8. The van der Waals surface area contributed by atoms with Gasteiger partial charge in [-0.1, -0.05) is 23.9 Å². The fourth-order valence-corrected chi connectivity index (χ4v) is 3.60. The van der Waals surface area contributed by atoms with Crippen molar-refractivity contribution in [2.24, 2.45) is 0 Å². The van der Waals surface area contributed by atoms with Gasteiger partial charge < -0.3 is 10.3 Å². The molecule has 136 valence electrons. The van der Waals surface area contributed by atoms with Gasteiger partial charge >= 0.3 is 0 Å². The van der Waals surface area contributed by atoms with Crippen molar-refractivity contribution in [1.82, 2.24) is 9.97 Å². The second-order valence-corrected chi connectivity index (χ2v) is 7.31. The summed E-state index contributed by atoms with van der Waals surface area (Å²) in [5.74, 6) is 0.203. The molecule has 0 atom stereocenters. The van der Waals surface area contributed by atoms with Gasteiger partial charge in [0.1, 0.15) is 5.82 Å². The third-order valence-electron chi connectivity index (χ3n) is 4.14. The molecule has 1 aromatic carbocycles. The Labute approximate surface area is 155 Å². The molecule has 1 aliphatic rings. The molecule has 1 amide bonds. The summed E-state index contributed by atoms with van der Waals surface area (Å²) in [4.78, 5) is 31.4. The molecule has 1 aromatic heterocycles. The molecule has 0 fully saturated rings. The lowest BCUT2D eigenvalue weighted by Crippen LogP contribution is -2.22. The van der Waals surface area contributed by atoms with Crippen LogP contribution in [0.1, 0.15) is 30.5 Å². The molecule has 0 saturated heterocycles. The number of carbonyl (C=O) groups is 1. The standard InChI is InChI=1S/C19H20FN3O2S/c1-12-4-9-15-16(11-12)22-19(23-18(15)25)26-10-2-3-17(24)21-14-7-5-13(20)6-8-14/h5-8H,1-4,9-11H2,(H,21,24)(H,22,23,25). The molecule has 0 unspecified atom stereocenters. The van der Waals surface area contributed by atoms with Gasteiger partial charge in [0.05, 0.1) is 5.69 Å². The molecule has 26 heavy (non-hydrogen) atoms. The van der Waals surface area contributed by atoms with Crippen LogP contribution in [-0.4, -0.2) is 21.6 Å². The van der Waals surface area contributed by atoms with Crippen LogP contribution in [0.3, 0.4) is 0 Å². The van der Waals surface area contributed by atoms with Crippen LogP contribution in [0, 0.1) is 5.82 Å². The highest BCUT2D eigenvalue weighted by molar-refractivity contribution is 7.99. The monoisotopic (exact) mass is 373 g/mol. The van der Waals surface area contributed by atoms with E-state index in [0.717, 1.165) is 23.3 Å². The maximum atomic E-state index is 12.8. The van der Waals surface area contributed by atoms with Crippen molar-refractivity contribution in [3.63, 3.8) is 0 Å². The summed E-state index contributed by atoms with van der Waals surface area (Å²) in [7, 11) is 0. The van der Waals surface area contributed by atoms with Crippen molar-refractivity contribution in [1.29, 1.82) is 0 Å². The highest BCUT2D eigenvalue weighted by Crippen LogP contribution is 2.22. The minimum Gasteiger partial charge on any atom is -0.326 e. The van der Waals surface area contributed by atoms with E-state index in [9.17, 15) is 14.0 Å². The van der Waals surface area contributed by atoms with Crippen molar-refractivity contribution in [3.05, 3.63) is 63.8 Å². The van der Waals surface area contributed by atoms with Crippen LogP contribution >= 0.6 is 11.8 Å². The zero-order chi connectivity index (χ0) is 18.5. The minimum absolute atomic E-state index is 0.0703. The van der Waals surface area contributed by atoms with E-state index in [-0.39, 0.29) is 17.3 Å². The molecule has 1 aliphatic carbocycles. The quantitative estimate of drug-likeness (QED) is 0.352. The molecule has 0 aliphatic heterocycles. The molecule has 3 rings (SSSR count). The number of amides is 1. The fraction of sp³-hybridized carbons (Fsp3) is 0.316. The van der Waals surface area contributed by atoms with Gasteiger partial charge in [0.15, 0.2) is 5.16 Å². The average molecular weight is 373 g/mol. The second kappa shape index (κ2) is 8.31. The highest BCUT2D eigenvalue weighted by Gasteiger charge is 2.17. The van der Waals surface area contributed by atoms with E-state index in [1.807, 2.05) is 0 Å². The SMILES string of the molecule is C=C1CCc2c(nc(SCCCC(=O)Nc3ccc(F)cc3)[nH]c2=O)C1. The van der Waals surface area contributed by atoms with Gasteiger partial charge in [-0.3, -0.25) is 9.59 Å². The van der Waals surface area contributed by atoms with Gasteiger partial charge in [0.25, 0.3) is 5.56 Å². The Balaban J connectivity index is 1.47. The third kappa shape index (κ3) is 4.82. The summed E-state index contributed by atoms with van der Waals surface area (Å²) in [6.45, 7) is 3.98. The number of fused-ring (bicyclic) bond motifs is 1. The number of halogens is 1. The van der Waals surface area contributed by atoms with Crippen LogP contribution in [0.2, 0.25) is 0 Å². The van der Waals surface area contributed by atoms with Gasteiger partial charge in [-0.15, -0.1) is 0 Å². The molecule has 2 N–H and O–H groups in total. The topological polar surface area (TPSA) is 74.8 Å². The zero-order valence-corrected chi connectivity index (χ0v) is 15.1. The van der Waals surface area contributed by atoms with E-state index in [0.29, 0.717) is 42.3 Å². The van der Waals surface area contributed by atoms with Gasteiger partial charge in [0, 0.05) is 29.8 Å². The van der Waals surface area contributed by atoms with Crippen LogP contribution in [-0.2, 0) is 17.6 Å². The van der Waals surface area contributed by atoms with E-state index in [1.54, 1.807) is 0 Å². The van der Waals surface area contributed by atoms with E-state index >= 15 is 0 Å². The lowest BCUT2D eigenvalue weighted by Gasteiger charge is -2.16. The number of carbonyl (C=O) groups excluding carboxylic acids is 1. The van der Waals surface area contributed by atoms with Crippen molar-refractivity contribution >= 4 is 23.4 Å². The predicted octanol–water partition coefficient (Wildman–Crippen LogP) is 3.46. The summed E-state index contributed by atoms with van der Waals surface area (Å²) in [6.07, 6.45) is 3.19.